The molecule has 8 heteroatoms. The Labute approximate surface area is 164 Å². The van der Waals surface area contributed by atoms with Gasteiger partial charge in [-0.2, -0.15) is 0 Å². The van der Waals surface area contributed by atoms with Gasteiger partial charge in [0.2, 0.25) is 0 Å². The first-order valence-corrected chi connectivity index (χ1v) is 9.21. The number of aromatic nitrogens is 3. The molecule has 2 fully saturated rings. The average molecular weight is 396 g/mol. The molecule has 4 rings (SSSR count). The molecule has 2 N–H and O–H groups in total. The topological polar surface area (TPSA) is 71.8 Å². The molecule has 140 valence electrons. The molecular formula is C18H23Cl2N5O. The molecule has 0 unspecified atom stereocenters. The van der Waals surface area contributed by atoms with Crippen molar-refractivity contribution in [2.75, 3.05) is 19.6 Å². The van der Waals surface area contributed by atoms with Crippen LogP contribution in [0, 0.1) is 0 Å². The molecule has 1 saturated carbocycles. The predicted octanol–water partition coefficient (Wildman–Crippen LogP) is 2.74. The number of carbonyl (C=O) groups is 1. The van der Waals surface area contributed by atoms with E-state index in [4.69, 9.17) is 11.6 Å². The number of amides is 1. The van der Waals surface area contributed by atoms with Gasteiger partial charge in [-0.1, -0.05) is 28.9 Å². The molecule has 1 amide bonds. The third-order valence-corrected chi connectivity index (χ3v) is 5.54. The minimum atomic E-state index is -0.159. The third kappa shape index (κ3) is 4.03. The minimum Gasteiger partial charge on any atom is -0.350 e. The summed E-state index contributed by atoms with van der Waals surface area (Å²) in [5.74, 6) is -0.159. The van der Waals surface area contributed by atoms with E-state index in [1.54, 1.807) is 6.20 Å². The molecule has 26 heavy (non-hydrogen) atoms. The molecule has 0 spiro atoms. The number of carbonyl (C=O) groups excluding carboxylic acids is 1. The summed E-state index contributed by atoms with van der Waals surface area (Å²) < 4.78 is 1.83. The standard InChI is InChI=1S/C18H22ClN5O.ClH/c19-14-3-1-2-13(10-14)18(6-7-18)12-21-17(25)16-11-24(23-22-16)15-4-8-20-9-5-15;/h1-3,10-11,15,20H,4-9,12H2,(H,21,25);1H. The van der Waals surface area contributed by atoms with Crippen molar-refractivity contribution in [3.05, 3.63) is 46.7 Å². The van der Waals surface area contributed by atoms with E-state index in [0.29, 0.717) is 18.3 Å². The van der Waals surface area contributed by atoms with E-state index >= 15 is 0 Å². The second-order valence-electron chi connectivity index (χ2n) is 7.04. The second-order valence-corrected chi connectivity index (χ2v) is 7.47. The molecule has 1 aromatic carbocycles. The van der Waals surface area contributed by atoms with Crippen molar-refractivity contribution < 1.29 is 4.79 Å². The van der Waals surface area contributed by atoms with Crippen molar-refractivity contribution in [2.45, 2.75) is 37.1 Å². The van der Waals surface area contributed by atoms with E-state index in [1.165, 1.54) is 5.56 Å². The number of rotatable bonds is 5. The summed E-state index contributed by atoms with van der Waals surface area (Å²) in [5, 5.41) is 15.3. The van der Waals surface area contributed by atoms with E-state index in [2.05, 4.69) is 27.0 Å². The van der Waals surface area contributed by atoms with Gasteiger partial charge in [-0.15, -0.1) is 17.5 Å². The lowest BCUT2D eigenvalue weighted by Gasteiger charge is -2.22. The van der Waals surface area contributed by atoms with E-state index in [9.17, 15) is 4.79 Å². The van der Waals surface area contributed by atoms with E-state index in [1.807, 2.05) is 22.9 Å². The zero-order chi connectivity index (χ0) is 17.3. The molecular weight excluding hydrogens is 373 g/mol. The van der Waals surface area contributed by atoms with Gasteiger partial charge < -0.3 is 10.6 Å². The third-order valence-electron chi connectivity index (χ3n) is 5.30. The van der Waals surface area contributed by atoms with Crippen molar-refractivity contribution in [1.82, 2.24) is 25.6 Å². The van der Waals surface area contributed by atoms with Crippen LogP contribution in [0.2, 0.25) is 5.02 Å². The van der Waals surface area contributed by atoms with Crippen molar-refractivity contribution in [2.24, 2.45) is 0 Å². The Bertz CT molecular complexity index is 768. The largest absolute Gasteiger partial charge is 0.350 e. The predicted molar refractivity (Wildman–Crippen MR) is 103 cm³/mol. The molecule has 0 bridgehead atoms. The molecule has 0 atom stereocenters. The summed E-state index contributed by atoms with van der Waals surface area (Å²) >= 11 is 6.10. The molecule has 2 aliphatic rings. The van der Waals surface area contributed by atoms with Crippen LogP contribution in [0.25, 0.3) is 0 Å². The van der Waals surface area contributed by atoms with Gasteiger partial charge in [-0.25, -0.2) is 4.68 Å². The summed E-state index contributed by atoms with van der Waals surface area (Å²) in [6, 6.07) is 8.24. The summed E-state index contributed by atoms with van der Waals surface area (Å²) in [4.78, 5) is 12.4. The Morgan fingerprint density at radius 1 is 1.35 bits per heavy atom. The first-order valence-electron chi connectivity index (χ1n) is 8.83. The highest BCUT2D eigenvalue weighted by Crippen LogP contribution is 2.48. The van der Waals surface area contributed by atoms with E-state index < -0.39 is 0 Å². The van der Waals surface area contributed by atoms with Crippen LogP contribution in [0.3, 0.4) is 0 Å². The summed E-state index contributed by atoms with van der Waals surface area (Å²) in [6.07, 6.45) is 5.93. The molecule has 1 aromatic heterocycles. The normalized spacial score (nSPS) is 18.8. The fraction of sp³-hybridized carbons (Fsp3) is 0.500. The lowest BCUT2D eigenvalue weighted by atomic mass is 9.96. The highest BCUT2D eigenvalue weighted by molar-refractivity contribution is 6.30. The van der Waals surface area contributed by atoms with Gasteiger partial charge in [-0.05, 0) is 56.5 Å². The van der Waals surface area contributed by atoms with Crippen LogP contribution in [0.4, 0.5) is 0 Å². The van der Waals surface area contributed by atoms with Gasteiger partial charge in [0.1, 0.15) is 0 Å². The SMILES string of the molecule is Cl.O=C(NCC1(c2cccc(Cl)c2)CC1)c1cn(C2CCNCC2)nn1. The van der Waals surface area contributed by atoms with Crippen LogP contribution in [0.1, 0.15) is 47.8 Å². The fourth-order valence-corrected chi connectivity index (χ4v) is 3.70. The maximum absolute atomic E-state index is 12.4. The Morgan fingerprint density at radius 3 is 2.81 bits per heavy atom. The number of nitrogens with zero attached hydrogens (tertiary/aromatic N) is 3. The first-order chi connectivity index (χ1) is 12.2. The smallest absolute Gasteiger partial charge is 0.273 e. The van der Waals surface area contributed by atoms with Gasteiger partial charge in [0.15, 0.2) is 5.69 Å². The molecule has 6 nitrogen and oxygen atoms in total. The second kappa shape index (κ2) is 7.94. The number of nitrogens with one attached hydrogen (secondary N) is 2. The lowest BCUT2D eigenvalue weighted by molar-refractivity contribution is 0.0944. The van der Waals surface area contributed by atoms with E-state index in [0.717, 1.165) is 43.8 Å². The van der Waals surface area contributed by atoms with Crippen LogP contribution < -0.4 is 10.6 Å². The maximum atomic E-state index is 12.4. The quantitative estimate of drug-likeness (QED) is 0.816. The fourth-order valence-electron chi connectivity index (χ4n) is 3.51. The Balaban J connectivity index is 0.00000196. The molecule has 2 aromatic rings. The van der Waals surface area contributed by atoms with Crippen LogP contribution >= 0.6 is 24.0 Å². The molecule has 0 radical (unpaired) electrons. The summed E-state index contributed by atoms with van der Waals surface area (Å²) in [5.41, 5.74) is 1.60. The summed E-state index contributed by atoms with van der Waals surface area (Å²) in [7, 11) is 0. The molecule has 1 saturated heterocycles. The maximum Gasteiger partial charge on any atom is 0.273 e. The van der Waals surface area contributed by atoms with Gasteiger partial charge >= 0.3 is 0 Å². The first kappa shape index (κ1) is 19.1. The van der Waals surface area contributed by atoms with Gasteiger partial charge in [0.05, 0.1) is 12.2 Å². The van der Waals surface area contributed by atoms with Gasteiger partial charge in [0.25, 0.3) is 5.91 Å². The molecule has 1 aliphatic heterocycles. The minimum absolute atomic E-state index is 0. The Morgan fingerprint density at radius 2 is 2.12 bits per heavy atom. The van der Waals surface area contributed by atoms with Crippen molar-refractivity contribution >= 4 is 29.9 Å². The number of hydrogen-bond donors (Lipinski definition) is 2. The van der Waals surface area contributed by atoms with E-state index in [-0.39, 0.29) is 23.7 Å². The molecule has 1 aliphatic carbocycles. The monoisotopic (exact) mass is 395 g/mol. The van der Waals surface area contributed by atoms with Crippen molar-refractivity contribution in [3.8, 4) is 0 Å². The Kier molecular flexibility index (Phi) is 5.85. The zero-order valence-corrected chi connectivity index (χ0v) is 16.0. The van der Waals surface area contributed by atoms with Crippen molar-refractivity contribution in [3.63, 3.8) is 0 Å². The van der Waals surface area contributed by atoms with Gasteiger partial charge in [0, 0.05) is 17.0 Å². The van der Waals surface area contributed by atoms with Crippen molar-refractivity contribution in [1.29, 1.82) is 0 Å². The number of benzene rings is 1. The average Bonchev–Trinajstić information content (AvgIpc) is 3.27. The highest BCUT2D eigenvalue weighted by Gasteiger charge is 2.44. The Hall–Kier alpha value is -1.63. The molecule has 2 heterocycles. The van der Waals surface area contributed by atoms with Crippen LogP contribution in [0.5, 0.6) is 0 Å². The van der Waals surface area contributed by atoms with Gasteiger partial charge in [-0.3, -0.25) is 4.79 Å². The van der Waals surface area contributed by atoms with Crippen LogP contribution in [-0.2, 0) is 5.41 Å². The number of piperidine rings is 1. The van der Waals surface area contributed by atoms with Crippen LogP contribution in [0.15, 0.2) is 30.5 Å². The highest BCUT2D eigenvalue weighted by atomic mass is 35.5. The zero-order valence-electron chi connectivity index (χ0n) is 14.4. The number of halogens is 2. The summed E-state index contributed by atoms with van der Waals surface area (Å²) in [6.45, 7) is 2.56. The lowest BCUT2D eigenvalue weighted by Crippen LogP contribution is -2.32. The number of hydrogen-bond acceptors (Lipinski definition) is 4. The van der Waals surface area contributed by atoms with Crippen LogP contribution in [-0.4, -0.2) is 40.5 Å².